The molecule has 2 aliphatic heterocycles. The third kappa shape index (κ3) is 2.30. The number of hydrogen-bond donors (Lipinski definition) is 1. The van der Waals surface area contributed by atoms with Crippen LogP contribution in [-0.2, 0) is 14.3 Å². The van der Waals surface area contributed by atoms with Crippen molar-refractivity contribution < 1.29 is 19.1 Å². The monoisotopic (exact) mass is 312 g/mol. The third-order valence-electron chi connectivity index (χ3n) is 4.30. The summed E-state index contributed by atoms with van der Waals surface area (Å²) in [7, 11) is 1.57. The highest BCUT2D eigenvalue weighted by atomic mass is 16.6. The molecule has 6 nitrogen and oxygen atoms in total. The van der Waals surface area contributed by atoms with Crippen molar-refractivity contribution in [3.05, 3.63) is 42.0 Å². The van der Waals surface area contributed by atoms with Gasteiger partial charge in [-0.25, -0.2) is 0 Å². The van der Waals surface area contributed by atoms with Crippen molar-refractivity contribution >= 4 is 11.7 Å². The second kappa shape index (κ2) is 5.21. The summed E-state index contributed by atoms with van der Waals surface area (Å²) in [6.07, 6.45) is 3.02. The number of nitriles is 1. The number of carbonyl (C=O) groups excluding carboxylic acids is 2. The Labute approximate surface area is 133 Å². The lowest BCUT2D eigenvalue weighted by Crippen LogP contribution is -2.56. The fraction of sp³-hybridized carbons (Fsp3) is 0.353. The van der Waals surface area contributed by atoms with Crippen molar-refractivity contribution in [3.63, 3.8) is 0 Å². The Bertz CT molecular complexity index is 734. The van der Waals surface area contributed by atoms with E-state index in [1.165, 1.54) is 19.1 Å². The quantitative estimate of drug-likeness (QED) is 0.912. The smallest absolute Gasteiger partial charge is 0.219 e. The first-order chi connectivity index (χ1) is 10.9. The standard InChI is InChI=1S/C17H16N2O4/c1-11(20)19-17-9-14(12-3-5-13(22-2)6-4-12)16(10-18,23-17)8-7-15(17)21/h3-8,14H,9H2,1-2H3,(H,19,20)/t14-,16+,17-/m0/s1. The van der Waals surface area contributed by atoms with Crippen molar-refractivity contribution in [1.29, 1.82) is 5.26 Å². The molecule has 3 atom stereocenters. The van der Waals surface area contributed by atoms with E-state index in [9.17, 15) is 14.9 Å². The fourth-order valence-corrected chi connectivity index (χ4v) is 3.24. The first kappa shape index (κ1) is 15.3. The zero-order valence-electron chi connectivity index (χ0n) is 12.8. The van der Waals surface area contributed by atoms with Crippen LogP contribution in [0.3, 0.4) is 0 Å². The number of rotatable bonds is 3. The van der Waals surface area contributed by atoms with Crippen LogP contribution in [0.1, 0.15) is 24.8 Å². The van der Waals surface area contributed by atoms with Crippen molar-refractivity contribution in [2.24, 2.45) is 0 Å². The molecule has 1 aromatic rings. The predicted octanol–water partition coefficient (Wildman–Crippen LogP) is 1.43. The maximum Gasteiger partial charge on any atom is 0.219 e. The molecule has 1 aromatic carbocycles. The molecular formula is C17H16N2O4. The molecule has 3 rings (SSSR count). The maximum atomic E-state index is 12.3. The highest BCUT2D eigenvalue weighted by molar-refractivity contribution is 6.01. The average molecular weight is 312 g/mol. The minimum Gasteiger partial charge on any atom is -0.497 e. The highest BCUT2D eigenvalue weighted by Crippen LogP contribution is 2.50. The van der Waals surface area contributed by atoms with Crippen molar-refractivity contribution in [2.45, 2.75) is 30.6 Å². The molecule has 23 heavy (non-hydrogen) atoms. The summed E-state index contributed by atoms with van der Waals surface area (Å²) in [5.74, 6) is -0.400. The van der Waals surface area contributed by atoms with Gasteiger partial charge in [0.1, 0.15) is 11.8 Å². The second-order valence-corrected chi connectivity index (χ2v) is 5.74. The van der Waals surface area contributed by atoms with E-state index >= 15 is 0 Å². The maximum absolute atomic E-state index is 12.3. The summed E-state index contributed by atoms with van der Waals surface area (Å²) < 4.78 is 10.9. The minimum atomic E-state index is -1.47. The predicted molar refractivity (Wildman–Crippen MR) is 80.5 cm³/mol. The Morgan fingerprint density at radius 2 is 2.13 bits per heavy atom. The van der Waals surface area contributed by atoms with Gasteiger partial charge < -0.3 is 14.8 Å². The first-order valence-electron chi connectivity index (χ1n) is 7.22. The number of ketones is 1. The van der Waals surface area contributed by atoms with Crippen LogP contribution < -0.4 is 10.1 Å². The number of methoxy groups -OCH3 is 1. The number of benzene rings is 1. The van der Waals surface area contributed by atoms with Gasteiger partial charge in [0.15, 0.2) is 5.60 Å². The molecular weight excluding hydrogens is 296 g/mol. The van der Waals surface area contributed by atoms with Gasteiger partial charge in [0, 0.05) is 19.3 Å². The van der Waals surface area contributed by atoms with Gasteiger partial charge in [-0.05, 0) is 29.8 Å². The van der Waals surface area contributed by atoms with Crippen molar-refractivity contribution in [1.82, 2.24) is 5.32 Å². The molecule has 0 spiro atoms. The lowest BCUT2D eigenvalue weighted by Gasteiger charge is -2.32. The van der Waals surface area contributed by atoms with Crippen LogP contribution in [0, 0.1) is 11.3 Å². The van der Waals surface area contributed by atoms with Crippen molar-refractivity contribution in [3.8, 4) is 11.8 Å². The van der Waals surface area contributed by atoms with E-state index < -0.39 is 11.3 Å². The van der Waals surface area contributed by atoms with Gasteiger partial charge >= 0.3 is 0 Å². The summed E-state index contributed by atoms with van der Waals surface area (Å²) in [4.78, 5) is 23.8. The minimum absolute atomic E-state index is 0.207. The number of fused-ring (bicyclic) bond motifs is 2. The molecule has 1 saturated heterocycles. The van der Waals surface area contributed by atoms with E-state index in [2.05, 4.69) is 11.4 Å². The molecule has 2 heterocycles. The molecule has 6 heteroatoms. The molecule has 0 saturated carbocycles. The van der Waals surface area contributed by atoms with E-state index in [1.807, 2.05) is 12.1 Å². The average Bonchev–Trinajstić information content (AvgIpc) is 2.82. The largest absolute Gasteiger partial charge is 0.497 e. The Morgan fingerprint density at radius 1 is 1.43 bits per heavy atom. The summed E-state index contributed by atoms with van der Waals surface area (Å²) in [5.41, 5.74) is -1.90. The third-order valence-corrected chi connectivity index (χ3v) is 4.30. The lowest BCUT2D eigenvalue weighted by molar-refractivity contribution is -0.153. The Hall–Kier alpha value is -2.65. The summed E-state index contributed by atoms with van der Waals surface area (Å²) in [5, 5.41) is 12.2. The van der Waals surface area contributed by atoms with Gasteiger partial charge in [-0.1, -0.05) is 12.1 Å². The Balaban J connectivity index is 2.04. The number of nitrogens with one attached hydrogen (secondary N) is 1. The van der Waals surface area contributed by atoms with Crippen LogP contribution >= 0.6 is 0 Å². The normalized spacial score (nSPS) is 31.5. The molecule has 0 unspecified atom stereocenters. The zero-order chi connectivity index (χ0) is 16.7. The van der Waals surface area contributed by atoms with Gasteiger partial charge in [0.05, 0.1) is 7.11 Å². The van der Waals surface area contributed by atoms with Crippen LogP contribution in [0.15, 0.2) is 36.4 Å². The lowest BCUT2D eigenvalue weighted by atomic mass is 9.82. The number of amides is 1. The molecule has 1 N–H and O–H groups in total. The molecule has 1 amide bonds. The van der Waals surface area contributed by atoms with E-state index in [0.29, 0.717) is 5.75 Å². The van der Waals surface area contributed by atoms with Gasteiger partial charge in [0.25, 0.3) is 0 Å². The summed E-state index contributed by atoms with van der Waals surface area (Å²) in [6, 6.07) is 9.42. The molecule has 0 aromatic heterocycles. The van der Waals surface area contributed by atoms with E-state index in [0.717, 1.165) is 5.56 Å². The zero-order valence-corrected chi connectivity index (χ0v) is 12.8. The molecule has 118 valence electrons. The molecule has 2 aliphatic rings. The van der Waals surface area contributed by atoms with Gasteiger partial charge in [0.2, 0.25) is 17.4 Å². The van der Waals surface area contributed by atoms with E-state index in [4.69, 9.17) is 9.47 Å². The fourth-order valence-electron chi connectivity index (χ4n) is 3.24. The molecule has 1 fully saturated rings. The number of carbonyl (C=O) groups is 2. The first-order valence-corrected chi connectivity index (χ1v) is 7.22. The summed E-state index contributed by atoms with van der Waals surface area (Å²) >= 11 is 0. The highest BCUT2D eigenvalue weighted by Gasteiger charge is 2.61. The molecule has 2 bridgehead atoms. The van der Waals surface area contributed by atoms with E-state index in [-0.39, 0.29) is 24.0 Å². The van der Waals surface area contributed by atoms with Gasteiger partial charge in [-0.2, -0.15) is 5.26 Å². The number of ether oxygens (including phenoxy) is 2. The topological polar surface area (TPSA) is 88.4 Å². The van der Waals surface area contributed by atoms with Gasteiger partial charge in [-0.3, -0.25) is 9.59 Å². The van der Waals surface area contributed by atoms with Crippen LogP contribution in [0.4, 0.5) is 0 Å². The van der Waals surface area contributed by atoms with Crippen LogP contribution in [0.2, 0.25) is 0 Å². The SMILES string of the molecule is COc1ccc([C@@H]2C[C@]3(NC(C)=O)O[C@@]2(C#N)C=CC3=O)cc1. The van der Waals surface area contributed by atoms with Gasteiger partial charge in [-0.15, -0.1) is 0 Å². The molecule has 0 radical (unpaired) electrons. The Morgan fingerprint density at radius 3 is 2.70 bits per heavy atom. The second-order valence-electron chi connectivity index (χ2n) is 5.74. The van der Waals surface area contributed by atoms with E-state index in [1.54, 1.807) is 19.2 Å². The van der Waals surface area contributed by atoms with Crippen LogP contribution in [0.25, 0.3) is 0 Å². The van der Waals surface area contributed by atoms with Crippen LogP contribution in [0.5, 0.6) is 5.75 Å². The molecule has 0 aliphatic carbocycles. The Kier molecular flexibility index (Phi) is 3.46. The number of hydrogen-bond acceptors (Lipinski definition) is 5. The van der Waals surface area contributed by atoms with Crippen molar-refractivity contribution in [2.75, 3.05) is 7.11 Å². The number of nitrogens with zero attached hydrogens (tertiary/aromatic N) is 1. The van der Waals surface area contributed by atoms with Crippen LogP contribution in [-0.4, -0.2) is 30.1 Å². The summed E-state index contributed by atoms with van der Waals surface area (Å²) in [6.45, 7) is 1.32.